The molecular weight excluding hydrogens is 386 g/mol. The maximum absolute atomic E-state index is 5.49. The Labute approximate surface area is 174 Å². The van der Waals surface area contributed by atoms with Gasteiger partial charge in [0.1, 0.15) is 23.0 Å². The van der Waals surface area contributed by atoms with Crippen LogP contribution in [0.15, 0.2) is 47.8 Å². The SMILES string of the molecule is COc1ccc(N2CC[NH+](Cc3csc(-c4ccc5c(c4)OCO5)n3)CC2)cc1. The molecule has 29 heavy (non-hydrogen) atoms. The van der Waals surface area contributed by atoms with Crippen LogP contribution in [0.3, 0.4) is 0 Å². The van der Waals surface area contributed by atoms with Gasteiger partial charge in [-0.3, -0.25) is 0 Å². The smallest absolute Gasteiger partial charge is 0.231 e. The largest absolute Gasteiger partial charge is 0.497 e. The standard InChI is InChI=1S/C22H23N3O3S/c1-26-19-5-3-18(4-6-19)25-10-8-24(9-11-25)13-17-14-29-22(23-17)16-2-7-20-21(12-16)28-15-27-20/h2-7,12,14H,8-11,13,15H2,1H3/p+1. The average molecular weight is 411 g/mol. The number of nitrogens with one attached hydrogen (secondary N) is 1. The van der Waals surface area contributed by atoms with E-state index in [0.29, 0.717) is 6.79 Å². The number of fused-ring (bicyclic) bond motifs is 1. The molecule has 1 aromatic heterocycles. The van der Waals surface area contributed by atoms with Crippen LogP contribution in [0, 0.1) is 0 Å². The number of methoxy groups -OCH3 is 1. The molecule has 0 bridgehead atoms. The van der Waals surface area contributed by atoms with Crippen molar-refractivity contribution in [2.45, 2.75) is 6.54 Å². The molecule has 3 heterocycles. The van der Waals surface area contributed by atoms with Crippen LogP contribution >= 0.6 is 11.3 Å². The number of anilines is 1. The van der Waals surface area contributed by atoms with E-state index in [-0.39, 0.29) is 0 Å². The summed E-state index contributed by atoms with van der Waals surface area (Å²) in [7, 11) is 1.70. The predicted octanol–water partition coefficient (Wildman–Crippen LogP) is 2.45. The van der Waals surface area contributed by atoms with Gasteiger partial charge in [0.2, 0.25) is 6.79 Å². The van der Waals surface area contributed by atoms with Crippen LogP contribution in [0.5, 0.6) is 17.2 Å². The molecule has 0 saturated carbocycles. The van der Waals surface area contributed by atoms with Crippen molar-refractivity contribution >= 4 is 17.0 Å². The molecule has 6 nitrogen and oxygen atoms in total. The minimum Gasteiger partial charge on any atom is -0.497 e. The van der Waals surface area contributed by atoms with Crippen LogP contribution in [-0.4, -0.2) is 45.1 Å². The molecule has 5 rings (SSSR count). The van der Waals surface area contributed by atoms with E-state index in [9.17, 15) is 0 Å². The summed E-state index contributed by atoms with van der Waals surface area (Å²) in [6, 6.07) is 14.4. The Bertz CT molecular complexity index is 981. The van der Waals surface area contributed by atoms with E-state index in [1.807, 2.05) is 24.3 Å². The second-order valence-corrected chi connectivity index (χ2v) is 8.18. The Hall–Kier alpha value is -2.77. The molecular formula is C22H24N3O3S+. The molecule has 2 aliphatic heterocycles. The molecule has 1 fully saturated rings. The number of thiazole rings is 1. The van der Waals surface area contributed by atoms with Crippen LogP contribution in [0.4, 0.5) is 5.69 Å². The number of piperazine rings is 1. The van der Waals surface area contributed by atoms with Gasteiger partial charge in [-0.1, -0.05) is 0 Å². The molecule has 0 atom stereocenters. The molecule has 0 radical (unpaired) electrons. The van der Waals surface area contributed by atoms with Crippen LogP contribution < -0.4 is 24.0 Å². The summed E-state index contributed by atoms with van der Waals surface area (Å²) >= 11 is 1.69. The van der Waals surface area contributed by atoms with E-state index in [1.54, 1.807) is 23.3 Å². The lowest BCUT2D eigenvalue weighted by Crippen LogP contribution is -3.13. The number of benzene rings is 2. The van der Waals surface area contributed by atoms with E-state index in [1.165, 1.54) is 5.69 Å². The summed E-state index contributed by atoms with van der Waals surface area (Å²) in [5.74, 6) is 2.52. The third-order valence-electron chi connectivity index (χ3n) is 5.51. The number of hydrogen-bond acceptors (Lipinski definition) is 6. The molecule has 3 aromatic rings. The van der Waals surface area contributed by atoms with Crippen LogP contribution in [-0.2, 0) is 6.54 Å². The van der Waals surface area contributed by atoms with Gasteiger partial charge in [0.05, 0.1) is 33.3 Å². The Kier molecular flexibility index (Phi) is 4.99. The lowest BCUT2D eigenvalue weighted by Gasteiger charge is -2.33. The fourth-order valence-electron chi connectivity index (χ4n) is 3.86. The maximum atomic E-state index is 5.49. The second-order valence-electron chi connectivity index (χ2n) is 7.32. The summed E-state index contributed by atoms with van der Waals surface area (Å²) in [6.45, 7) is 5.61. The zero-order chi connectivity index (χ0) is 19.6. The lowest BCUT2D eigenvalue weighted by molar-refractivity contribution is -0.914. The third-order valence-corrected chi connectivity index (χ3v) is 6.45. The first-order valence-corrected chi connectivity index (χ1v) is 10.7. The number of rotatable bonds is 5. The van der Waals surface area contributed by atoms with Crippen LogP contribution in [0.1, 0.15) is 5.69 Å². The minimum atomic E-state index is 0.299. The number of quaternary nitrogens is 1. The van der Waals surface area contributed by atoms with Gasteiger partial charge in [-0.15, -0.1) is 11.3 Å². The molecule has 1 N–H and O–H groups in total. The van der Waals surface area contributed by atoms with Crippen molar-refractivity contribution in [1.29, 1.82) is 0 Å². The molecule has 0 spiro atoms. The topological polar surface area (TPSA) is 48.3 Å². The van der Waals surface area contributed by atoms with E-state index < -0.39 is 0 Å². The first kappa shape index (κ1) is 18.3. The van der Waals surface area contributed by atoms with Crippen molar-refractivity contribution < 1.29 is 19.1 Å². The number of nitrogens with zero attached hydrogens (tertiary/aromatic N) is 2. The van der Waals surface area contributed by atoms with E-state index in [0.717, 1.165) is 66.2 Å². The maximum Gasteiger partial charge on any atom is 0.231 e. The Balaban J connectivity index is 1.19. The van der Waals surface area contributed by atoms with Gasteiger partial charge in [0.25, 0.3) is 0 Å². The Morgan fingerprint density at radius 1 is 1.07 bits per heavy atom. The lowest BCUT2D eigenvalue weighted by atomic mass is 10.2. The number of ether oxygens (including phenoxy) is 3. The van der Waals surface area contributed by atoms with Gasteiger partial charge < -0.3 is 24.0 Å². The van der Waals surface area contributed by atoms with Crippen LogP contribution in [0.2, 0.25) is 0 Å². The number of aromatic nitrogens is 1. The van der Waals surface area contributed by atoms with Gasteiger partial charge in [-0.05, 0) is 42.5 Å². The Morgan fingerprint density at radius 2 is 1.86 bits per heavy atom. The van der Waals surface area contributed by atoms with Crippen molar-refractivity contribution in [2.24, 2.45) is 0 Å². The number of hydrogen-bond donors (Lipinski definition) is 1. The first-order chi connectivity index (χ1) is 14.3. The Morgan fingerprint density at radius 3 is 2.66 bits per heavy atom. The summed E-state index contributed by atoms with van der Waals surface area (Å²) in [6.07, 6.45) is 0. The predicted molar refractivity (Wildman–Crippen MR) is 113 cm³/mol. The van der Waals surface area contributed by atoms with E-state index >= 15 is 0 Å². The molecule has 0 aliphatic carbocycles. The fourth-order valence-corrected chi connectivity index (χ4v) is 4.67. The normalized spacial score (nSPS) is 16.2. The molecule has 2 aromatic carbocycles. The molecule has 0 amide bonds. The van der Waals surface area contributed by atoms with E-state index in [2.05, 4.69) is 28.5 Å². The van der Waals surface area contributed by atoms with Crippen LogP contribution in [0.25, 0.3) is 10.6 Å². The van der Waals surface area contributed by atoms with E-state index in [4.69, 9.17) is 19.2 Å². The highest BCUT2D eigenvalue weighted by molar-refractivity contribution is 7.13. The van der Waals surface area contributed by atoms with Crippen molar-refractivity contribution in [2.75, 3.05) is 45.0 Å². The molecule has 2 aliphatic rings. The molecule has 7 heteroatoms. The van der Waals surface area contributed by atoms with Crippen molar-refractivity contribution in [1.82, 2.24) is 4.98 Å². The van der Waals surface area contributed by atoms with Gasteiger partial charge in [-0.25, -0.2) is 4.98 Å². The van der Waals surface area contributed by atoms with Crippen molar-refractivity contribution in [3.05, 3.63) is 53.5 Å². The highest BCUT2D eigenvalue weighted by Crippen LogP contribution is 2.36. The summed E-state index contributed by atoms with van der Waals surface area (Å²) in [5, 5.41) is 3.22. The zero-order valence-electron chi connectivity index (χ0n) is 16.4. The monoisotopic (exact) mass is 410 g/mol. The second kappa shape index (κ2) is 7.93. The summed E-state index contributed by atoms with van der Waals surface area (Å²) < 4.78 is 16.1. The summed E-state index contributed by atoms with van der Waals surface area (Å²) in [5.41, 5.74) is 3.52. The van der Waals surface area contributed by atoms with Gasteiger partial charge in [0, 0.05) is 16.6 Å². The highest BCUT2D eigenvalue weighted by Gasteiger charge is 2.22. The first-order valence-electron chi connectivity index (χ1n) is 9.85. The van der Waals surface area contributed by atoms with Crippen molar-refractivity contribution in [3.8, 4) is 27.8 Å². The molecule has 0 unspecified atom stereocenters. The highest BCUT2D eigenvalue weighted by atomic mass is 32.1. The zero-order valence-corrected chi connectivity index (χ0v) is 17.2. The summed E-state index contributed by atoms with van der Waals surface area (Å²) in [4.78, 5) is 8.90. The quantitative estimate of drug-likeness (QED) is 0.700. The minimum absolute atomic E-state index is 0.299. The average Bonchev–Trinajstić information content (AvgIpc) is 3.43. The van der Waals surface area contributed by atoms with Crippen molar-refractivity contribution in [3.63, 3.8) is 0 Å². The molecule has 1 saturated heterocycles. The third kappa shape index (κ3) is 3.88. The van der Waals surface area contributed by atoms with Gasteiger partial charge in [-0.2, -0.15) is 0 Å². The van der Waals surface area contributed by atoms with Gasteiger partial charge in [0.15, 0.2) is 11.5 Å². The van der Waals surface area contributed by atoms with Gasteiger partial charge >= 0.3 is 0 Å². The fraction of sp³-hybridized carbons (Fsp3) is 0.318. The molecule has 150 valence electrons.